The fourth-order valence-corrected chi connectivity index (χ4v) is 4.42. The smallest absolute Gasteiger partial charge is 0.258 e. The van der Waals surface area contributed by atoms with Crippen molar-refractivity contribution in [3.8, 4) is 22.8 Å². The lowest BCUT2D eigenvalue weighted by atomic mass is 9.77. The summed E-state index contributed by atoms with van der Waals surface area (Å²) in [4.78, 5) is 4.47. The number of hydrogen-bond acceptors (Lipinski definition) is 3. The molecule has 0 radical (unpaired) electrons. The van der Waals surface area contributed by atoms with Gasteiger partial charge in [-0.2, -0.15) is 4.98 Å². The summed E-state index contributed by atoms with van der Waals surface area (Å²) in [6.07, 6.45) is 10.8. The molecule has 0 aliphatic heterocycles. The average molecular weight is 393 g/mol. The molecule has 3 nitrogen and oxygen atoms in total. The van der Waals surface area contributed by atoms with Crippen molar-refractivity contribution < 1.29 is 8.91 Å². The molecule has 3 aromatic rings. The first-order chi connectivity index (χ1) is 14.2. The van der Waals surface area contributed by atoms with Gasteiger partial charge in [0.05, 0.1) is 0 Å². The van der Waals surface area contributed by atoms with Crippen LogP contribution in [-0.2, 0) is 0 Å². The van der Waals surface area contributed by atoms with Crippen LogP contribution < -0.4 is 0 Å². The summed E-state index contributed by atoms with van der Waals surface area (Å²) in [6.45, 7) is 2.28. The Morgan fingerprint density at radius 3 is 2.28 bits per heavy atom. The van der Waals surface area contributed by atoms with Crippen molar-refractivity contribution in [3.05, 3.63) is 59.9 Å². The Labute approximate surface area is 172 Å². The number of nitrogens with zero attached hydrogens (tertiary/aromatic N) is 2. The second-order valence-electron chi connectivity index (χ2n) is 8.27. The minimum absolute atomic E-state index is 0.279. The molecule has 0 saturated heterocycles. The van der Waals surface area contributed by atoms with Crippen molar-refractivity contribution in [2.24, 2.45) is 5.92 Å². The van der Waals surface area contributed by atoms with Crippen molar-refractivity contribution in [1.82, 2.24) is 10.1 Å². The van der Waals surface area contributed by atoms with Gasteiger partial charge in [-0.1, -0.05) is 62.0 Å². The Kier molecular flexibility index (Phi) is 6.38. The molecule has 4 heteroatoms. The number of halogens is 1. The lowest BCUT2D eigenvalue weighted by molar-refractivity contribution is 0.303. The van der Waals surface area contributed by atoms with Gasteiger partial charge in [-0.3, -0.25) is 0 Å². The van der Waals surface area contributed by atoms with Gasteiger partial charge in [-0.15, -0.1) is 0 Å². The molecule has 0 spiro atoms. The van der Waals surface area contributed by atoms with Crippen LogP contribution in [0.1, 0.15) is 69.8 Å². The first kappa shape index (κ1) is 19.8. The zero-order valence-electron chi connectivity index (χ0n) is 17.1. The number of unbranched alkanes of at least 4 members (excludes halogenated alkanes) is 2. The third-order valence-corrected chi connectivity index (χ3v) is 6.22. The molecular formula is C25H29FN2O. The molecule has 2 aromatic carbocycles. The molecule has 1 aliphatic carbocycles. The van der Waals surface area contributed by atoms with Gasteiger partial charge in [-0.05, 0) is 67.3 Å². The maximum atomic E-state index is 13.1. The van der Waals surface area contributed by atoms with E-state index in [9.17, 15) is 4.39 Å². The number of rotatable bonds is 7. The van der Waals surface area contributed by atoms with Crippen LogP contribution in [0.15, 0.2) is 53.1 Å². The minimum atomic E-state index is -0.279. The molecule has 1 saturated carbocycles. The van der Waals surface area contributed by atoms with E-state index in [-0.39, 0.29) is 5.82 Å². The molecule has 152 valence electrons. The molecule has 0 N–H and O–H groups in total. The minimum Gasteiger partial charge on any atom is -0.334 e. The van der Waals surface area contributed by atoms with Crippen LogP contribution in [0.3, 0.4) is 0 Å². The Morgan fingerprint density at radius 1 is 0.897 bits per heavy atom. The van der Waals surface area contributed by atoms with E-state index in [1.807, 2.05) is 0 Å². The molecule has 1 fully saturated rings. The topological polar surface area (TPSA) is 38.9 Å². The lowest BCUT2D eigenvalue weighted by Crippen LogP contribution is -2.13. The summed E-state index contributed by atoms with van der Waals surface area (Å²) in [5.74, 6) is 2.30. The number of aromatic nitrogens is 2. The van der Waals surface area contributed by atoms with Crippen molar-refractivity contribution in [2.45, 2.75) is 64.2 Å². The van der Waals surface area contributed by atoms with E-state index < -0.39 is 0 Å². The van der Waals surface area contributed by atoms with Gasteiger partial charge in [0.2, 0.25) is 5.82 Å². The van der Waals surface area contributed by atoms with Crippen LogP contribution in [0.5, 0.6) is 0 Å². The van der Waals surface area contributed by atoms with E-state index in [0.717, 1.165) is 17.0 Å². The standard InChI is InChI=1S/C25H29FN2O/c1-2-3-4-5-18-6-8-19(9-7-18)20-10-12-21(13-11-20)24-27-25(29-28-24)22-14-16-23(26)17-15-22/h10-19H,2-9H2,1H3. The zero-order chi connectivity index (χ0) is 20.1. The average Bonchev–Trinajstić information content (AvgIpc) is 3.25. The Bertz CT molecular complexity index is 893. The van der Waals surface area contributed by atoms with E-state index in [0.29, 0.717) is 17.6 Å². The van der Waals surface area contributed by atoms with Crippen LogP contribution >= 0.6 is 0 Å². The quantitative estimate of drug-likeness (QED) is 0.393. The van der Waals surface area contributed by atoms with Gasteiger partial charge in [0.15, 0.2) is 0 Å². The predicted molar refractivity (Wildman–Crippen MR) is 114 cm³/mol. The van der Waals surface area contributed by atoms with Crippen LogP contribution in [-0.4, -0.2) is 10.1 Å². The highest BCUT2D eigenvalue weighted by Gasteiger charge is 2.22. The molecule has 0 atom stereocenters. The summed E-state index contributed by atoms with van der Waals surface area (Å²) in [5.41, 5.74) is 3.08. The molecule has 1 heterocycles. The third-order valence-electron chi connectivity index (χ3n) is 6.22. The summed E-state index contributed by atoms with van der Waals surface area (Å²) in [5, 5.41) is 4.09. The third kappa shape index (κ3) is 4.92. The fraction of sp³-hybridized carbons (Fsp3) is 0.440. The Morgan fingerprint density at radius 2 is 1.59 bits per heavy atom. The van der Waals surface area contributed by atoms with E-state index in [4.69, 9.17) is 4.52 Å². The van der Waals surface area contributed by atoms with Crippen LogP contribution in [0.4, 0.5) is 4.39 Å². The highest BCUT2D eigenvalue weighted by molar-refractivity contribution is 5.60. The lowest BCUT2D eigenvalue weighted by Gasteiger charge is -2.29. The van der Waals surface area contributed by atoms with Gasteiger partial charge in [0.25, 0.3) is 5.89 Å². The maximum Gasteiger partial charge on any atom is 0.258 e. The van der Waals surface area contributed by atoms with Crippen molar-refractivity contribution in [3.63, 3.8) is 0 Å². The molecule has 1 aromatic heterocycles. The van der Waals surface area contributed by atoms with E-state index >= 15 is 0 Å². The first-order valence-corrected chi connectivity index (χ1v) is 10.9. The molecule has 0 unspecified atom stereocenters. The summed E-state index contributed by atoms with van der Waals surface area (Å²) in [7, 11) is 0. The van der Waals surface area contributed by atoms with Gasteiger partial charge in [0.1, 0.15) is 5.82 Å². The Hall–Kier alpha value is -2.49. The first-order valence-electron chi connectivity index (χ1n) is 10.9. The molecule has 4 rings (SSSR count). The number of hydrogen-bond donors (Lipinski definition) is 0. The van der Waals surface area contributed by atoms with E-state index in [2.05, 4.69) is 41.3 Å². The highest BCUT2D eigenvalue weighted by Crippen LogP contribution is 2.38. The molecular weight excluding hydrogens is 363 g/mol. The second kappa shape index (κ2) is 9.34. The van der Waals surface area contributed by atoms with Gasteiger partial charge < -0.3 is 4.52 Å². The Balaban J connectivity index is 1.37. The van der Waals surface area contributed by atoms with Crippen LogP contribution in [0, 0.1) is 11.7 Å². The molecule has 0 bridgehead atoms. The molecule has 1 aliphatic rings. The highest BCUT2D eigenvalue weighted by atomic mass is 19.1. The monoisotopic (exact) mass is 392 g/mol. The second-order valence-corrected chi connectivity index (χ2v) is 8.27. The fourth-order valence-electron chi connectivity index (χ4n) is 4.42. The summed E-state index contributed by atoms with van der Waals surface area (Å²) >= 11 is 0. The van der Waals surface area contributed by atoms with Crippen LogP contribution in [0.25, 0.3) is 22.8 Å². The predicted octanol–water partition coefficient (Wildman–Crippen LogP) is 7.40. The van der Waals surface area contributed by atoms with E-state index in [1.54, 1.807) is 12.1 Å². The van der Waals surface area contributed by atoms with Crippen LogP contribution in [0.2, 0.25) is 0 Å². The van der Waals surface area contributed by atoms with Crippen molar-refractivity contribution in [2.75, 3.05) is 0 Å². The largest absolute Gasteiger partial charge is 0.334 e. The van der Waals surface area contributed by atoms with Gasteiger partial charge in [-0.25, -0.2) is 4.39 Å². The van der Waals surface area contributed by atoms with E-state index in [1.165, 1.54) is 69.1 Å². The van der Waals surface area contributed by atoms with Crippen molar-refractivity contribution >= 4 is 0 Å². The maximum absolute atomic E-state index is 13.1. The number of benzene rings is 2. The van der Waals surface area contributed by atoms with Gasteiger partial charge in [0, 0.05) is 11.1 Å². The summed E-state index contributed by atoms with van der Waals surface area (Å²) in [6, 6.07) is 14.7. The SMILES string of the molecule is CCCCCC1CCC(c2ccc(-c3noc(-c4ccc(F)cc4)n3)cc2)CC1. The summed E-state index contributed by atoms with van der Waals surface area (Å²) < 4.78 is 18.4. The zero-order valence-corrected chi connectivity index (χ0v) is 17.1. The normalized spacial score (nSPS) is 19.4. The molecule has 29 heavy (non-hydrogen) atoms. The van der Waals surface area contributed by atoms with Crippen molar-refractivity contribution in [1.29, 1.82) is 0 Å². The molecule has 0 amide bonds. The van der Waals surface area contributed by atoms with Gasteiger partial charge >= 0.3 is 0 Å².